The predicted molar refractivity (Wildman–Crippen MR) is 78.2 cm³/mol. The van der Waals surface area contributed by atoms with Gasteiger partial charge in [-0.05, 0) is 39.2 Å². The van der Waals surface area contributed by atoms with E-state index in [0.29, 0.717) is 6.54 Å². The number of aryl methyl sites for hydroxylation is 1. The van der Waals surface area contributed by atoms with Crippen LogP contribution < -0.4 is 5.32 Å². The van der Waals surface area contributed by atoms with Gasteiger partial charge < -0.3 is 10.2 Å². The minimum Gasteiger partial charge on any atom is -0.340 e. The van der Waals surface area contributed by atoms with Gasteiger partial charge in [-0.2, -0.15) is 0 Å². The second kappa shape index (κ2) is 5.65. The molecule has 0 bridgehead atoms. The molecule has 0 aliphatic carbocycles. The molecule has 0 spiro atoms. The fourth-order valence-corrected chi connectivity index (χ4v) is 2.54. The van der Waals surface area contributed by atoms with Crippen molar-refractivity contribution in [3.8, 4) is 0 Å². The molecule has 1 saturated heterocycles. The first-order chi connectivity index (χ1) is 9.42. The van der Waals surface area contributed by atoms with Gasteiger partial charge in [0.05, 0.1) is 0 Å². The summed E-state index contributed by atoms with van der Waals surface area (Å²) in [5, 5.41) is 2.76. The second-order valence-electron chi connectivity index (χ2n) is 5.88. The van der Waals surface area contributed by atoms with Crippen LogP contribution in [0.15, 0.2) is 30.3 Å². The molecule has 1 atom stereocenters. The maximum Gasteiger partial charge on any atom is 0.248 e. The van der Waals surface area contributed by atoms with Gasteiger partial charge in [-0.25, -0.2) is 0 Å². The Bertz CT molecular complexity index is 496. The number of nitrogens with zero attached hydrogens (tertiary/aromatic N) is 1. The molecule has 0 saturated carbocycles. The topological polar surface area (TPSA) is 49.4 Å². The summed E-state index contributed by atoms with van der Waals surface area (Å²) in [7, 11) is 0. The predicted octanol–water partition coefficient (Wildman–Crippen LogP) is 1.74. The van der Waals surface area contributed by atoms with Crippen LogP contribution in [0.2, 0.25) is 0 Å². The molecule has 0 radical (unpaired) electrons. The molecule has 20 heavy (non-hydrogen) atoms. The third kappa shape index (κ3) is 3.00. The summed E-state index contributed by atoms with van der Waals surface area (Å²) < 4.78 is 0. The Hall–Kier alpha value is -1.84. The molecule has 4 nitrogen and oxygen atoms in total. The first kappa shape index (κ1) is 14.6. The van der Waals surface area contributed by atoms with E-state index in [9.17, 15) is 9.59 Å². The molecule has 2 rings (SSSR count). The normalized spacial score (nSPS) is 21.8. The molecule has 1 aromatic rings. The van der Waals surface area contributed by atoms with E-state index in [0.717, 1.165) is 12.8 Å². The van der Waals surface area contributed by atoms with Crippen molar-refractivity contribution in [1.29, 1.82) is 0 Å². The van der Waals surface area contributed by atoms with Gasteiger partial charge in [-0.15, -0.1) is 0 Å². The van der Waals surface area contributed by atoms with Crippen molar-refractivity contribution < 1.29 is 9.59 Å². The summed E-state index contributed by atoms with van der Waals surface area (Å²) in [5.41, 5.74) is 0.462. The number of amides is 2. The first-order valence-electron chi connectivity index (χ1n) is 7.09. The zero-order chi connectivity index (χ0) is 14.8. The van der Waals surface area contributed by atoms with Crippen molar-refractivity contribution in [1.82, 2.24) is 10.2 Å². The molecule has 0 aromatic heterocycles. The molecule has 1 heterocycles. The number of carbonyl (C=O) groups excluding carboxylic acids is 2. The Balaban J connectivity index is 1.96. The molecular weight excluding hydrogens is 252 g/mol. The number of rotatable bonds is 4. The third-order valence-electron chi connectivity index (χ3n) is 3.79. The smallest absolute Gasteiger partial charge is 0.248 e. The van der Waals surface area contributed by atoms with E-state index in [2.05, 4.69) is 17.4 Å². The summed E-state index contributed by atoms with van der Waals surface area (Å²) in [4.78, 5) is 25.9. The van der Waals surface area contributed by atoms with Gasteiger partial charge in [0, 0.05) is 6.54 Å². The lowest BCUT2D eigenvalue weighted by Gasteiger charge is -2.41. The number of benzene rings is 1. The van der Waals surface area contributed by atoms with E-state index >= 15 is 0 Å². The highest BCUT2D eigenvalue weighted by molar-refractivity contribution is 5.99. The Morgan fingerprint density at radius 3 is 2.50 bits per heavy atom. The van der Waals surface area contributed by atoms with Crippen LogP contribution in [0.1, 0.15) is 32.8 Å². The van der Waals surface area contributed by atoms with Crippen molar-refractivity contribution in [2.75, 3.05) is 6.54 Å². The van der Waals surface area contributed by atoms with Gasteiger partial charge in [-0.3, -0.25) is 9.59 Å². The van der Waals surface area contributed by atoms with Crippen LogP contribution in [-0.2, 0) is 16.0 Å². The standard InChI is InChI=1S/C16H22N2O2/c1-12-14(19)17-16(2,3)15(20)18(12)11-7-10-13-8-5-4-6-9-13/h4-6,8-9,12H,7,10-11H2,1-3H3,(H,17,19). The van der Waals surface area contributed by atoms with Gasteiger partial charge in [0.1, 0.15) is 11.6 Å². The van der Waals surface area contributed by atoms with E-state index in [-0.39, 0.29) is 17.9 Å². The Morgan fingerprint density at radius 2 is 1.85 bits per heavy atom. The van der Waals surface area contributed by atoms with E-state index in [1.807, 2.05) is 18.2 Å². The van der Waals surface area contributed by atoms with Crippen LogP contribution in [0.25, 0.3) is 0 Å². The monoisotopic (exact) mass is 274 g/mol. The average molecular weight is 274 g/mol. The van der Waals surface area contributed by atoms with E-state index in [4.69, 9.17) is 0 Å². The highest BCUT2D eigenvalue weighted by atomic mass is 16.2. The number of piperazine rings is 1. The van der Waals surface area contributed by atoms with Crippen LogP contribution in [0, 0.1) is 0 Å². The molecule has 1 unspecified atom stereocenters. The summed E-state index contributed by atoms with van der Waals surface area (Å²) in [6.07, 6.45) is 1.78. The lowest BCUT2D eigenvalue weighted by atomic mass is 9.97. The molecule has 108 valence electrons. The lowest BCUT2D eigenvalue weighted by Crippen LogP contribution is -2.67. The molecule has 2 amide bonds. The minimum atomic E-state index is -0.795. The van der Waals surface area contributed by atoms with E-state index < -0.39 is 5.54 Å². The van der Waals surface area contributed by atoms with Crippen LogP contribution in [-0.4, -0.2) is 34.8 Å². The highest BCUT2D eigenvalue weighted by Gasteiger charge is 2.42. The van der Waals surface area contributed by atoms with Crippen molar-refractivity contribution in [2.45, 2.75) is 45.2 Å². The van der Waals surface area contributed by atoms with Crippen LogP contribution in [0.4, 0.5) is 0 Å². The maximum absolute atomic E-state index is 12.4. The van der Waals surface area contributed by atoms with E-state index in [1.165, 1.54) is 5.56 Å². The van der Waals surface area contributed by atoms with Crippen molar-refractivity contribution >= 4 is 11.8 Å². The Kier molecular flexibility index (Phi) is 4.12. The molecular formula is C16H22N2O2. The quantitative estimate of drug-likeness (QED) is 0.909. The van der Waals surface area contributed by atoms with Gasteiger partial charge >= 0.3 is 0 Å². The average Bonchev–Trinajstić information content (AvgIpc) is 2.41. The first-order valence-corrected chi connectivity index (χ1v) is 7.09. The minimum absolute atomic E-state index is 0.00217. The molecule has 4 heteroatoms. The van der Waals surface area contributed by atoms with E-state index in [1.54, 1.807) is 25.7 Å². The largest absolute Gasteiger partial charge is 0.340 e. The molecule has 1 fully saturated rings. The molecule has 1 aromatic carbocycles. The zero-order valence-corrected chi connectivity index (χ0v) is 12.3. The summed E-state index contributed by atoms with van der Waals surface area (Å²) in [6.45, 7) is 5.91. The van der Waals surface area contributed by atoms with Gasteiger partial charge in [-0.1, -0.05) is 30.3 Å². The zero-order valence-electron chi connectivity index (χ0n) is 12.3. The fraction of sp³-hybridized carbons (Fsp3) is 0.500. The molecule has 1 aliphatic heterocycles. The number of hydrogen-bond donors (Lipinski definition) is 1. The van der Waals surface area contributed by atoms with Gasteiger partial charge in [0.25, 0.3) is 0 Å². The Morgan fingerprint density at radius 1 is 1.20 bits per heavy atom. The number of nitrogens with one attached hydrogen (secondary N) is 1. The summed E-state index contributed by atoms with van der Waals surface area (Å²) in [6, 6.07) is 9.80. The second-order valence-corrected chi connectivity index (χ2v) is 5.88. The van der Waals surface area contributed by atoms with Crippen molar-refractivity contribution in [3.05, 3.63) is 35.9 Å². The van der Waals surface area contributed by atoms with Gasteiger partial charge in [0.15, 0.2) is 0 Å². The van der Waals surface area contributed by atoms with Crippen LogP contribution >= 0.6 is 0 Å². The van der Waals surface area contributed by atoms with Crippen LogP contribution in [0.3, 0.4) is 0 Å². The summed E-state index contributed by atoms with van der Waals surface area (Å²) in [5.74, 6) is -0.0769. The SMILES string of the molecule is CC1C(=O)NC(C)(C)C(=O)N1CCCc1ccccc1. The van der Waals surface area contributed by atoms with Gasteiger partial charge in [0.2, 0.25) is 11.8 Å². The highest BCUT2D eigenvalue weighted by Crippen LogP contribution is 2.18. The van der Waals surface area contributed by atoms with Crippen molar-refractivity contribution in [2.24, 2.45) is 0 Å². The van der Waals surface area contributed by atoms with Crippen molar-refractivity contribution in [3.63, 3.8) is 0 Å². The number of hydrogen-bond acceptors (Lipinski definition) is 2. The number of carbonyl (C=O) groups is 2. The third-order valence-corrected chi connectivity index (χ3v) is 3.79. The fourth-order valence-electron chi connectivity index (χ4n) is 2.54. The van der Waals surface area contributed by atoms with Crippen LogP contribution in [0.5, 0.6) is 0 Å². The summed E-state index contributed by atoms with van der Waals surface area (Å²) >= 11 is 0. The lowest BCUT2D eigenvalue weighted by molar-refractivity contribution is -0.152. The maximum atomic E-state index is 12.4. The molecule has 1 aliphatic rings. The molecule has 1 N–H and O–H groups in total. The Labute approximate surface area is 120 Å².